The van der Waals surface area contributed by atoms with Crippen LogP contribution in [0.5, 0.6) is 0 Å². The average molecular weight is 226 g/mol. The molecule has 0 radical (unpaired) electrons. The largest absolute Gasteiger partial charge is 0.329 e. The van der Waals surface area contributed by atoms with Crippen molar-refractivity contribution in [3.05, 3.63) is 0 Å². The van der Waals surface area contributed by atoms with Crippen molar-refractivity contribution in [1.82, 2.24) is 4.90 Å². The molecule has 0 amide bonds. The van der Waals surface area contributed by atoms with Crippen LogP contribution in [-0.2, 0) is 0 Å². The number of nitrogens with zero attached hydrogens (tertiary/aromatic N) is 1. The molecule has 0 aromatic carbocycles. The third-order valence-electron chi connectivity index (χ3n) is 4.12. The molecule has 0 aromatic heterocycles. The van der Waals surface area contributed by atoms with Crippen molar-refractivity contribution < 1.29 is 0 Å². The van der Waals surface area contributed by atoms with E-state index in [1.807, 2.05) is 0 Å². The normalized spacial score (nSPS) is 21.2. The predicted octanol–water partition coefficient (Wildman–Crippen LogP) is 2.87. The molecule has 96 valence electrons. The maximum Gasteiger partial charge on any atom is 0.0306 e. The molecule has 1 unspecified atom stereocenters. The molecule has 0 bridgehead atoms. The van der Waals surface area contributed by atoms with Gasteiger partial charge in [0, 0.05) is 18.6 Å². The van der Waals surface area contributed by atoms with Gasteiger partial charge in [-0.3, -0.25) is 4.90 Å². The minimum absolute atomic E-state index is 0.226. The van der Waals surface area contributed by atoms with E-state index in [-0.39, 0.29) is 5.54 Å². The third kappa shape index (κ3) is 3.46. The Bertz CT molecular complexity index is 199. The summed E-state index contributed by atoms with van der Waals surface area (Å²) < 4.78 is 0. The highest BCUT2D eigenvalue weighted by molar-refractivity contribution is 4.91. The van der Waals surface area contributed by atoms with Crippen LogP contribution in [-0.4, -0.2) is 30.1 Å². The third-order valence-corrected chi connectivity index (χ3v) is 4.12. The summed E-state index contributed by atoms with van der Waals surface area (Å²) in [5.74, 6) is 1.67. The molecule has 0 aromatic rings. The van der Waals surface area contributed by atoms with Gasteiger partial charge in [-0.25, -0.2) is 0 Å². The summed E-state index contributed by atoms with van der Waals surface area (Å²) in [5.41, 5.74) is 6.27. The molecule has 0 spiro atoms. The van der Waals surface area contributed by atoms with Crippen molar-refractivity contribution in [3.63, 3.8) is 0 Å². The van der Waals surface area contributed by atoms with E-state index in [9.17, 15) is 0 Å². The zero-order valence-electron chi connectivity index (χ0n) is 11.6. The van der Waals surface area contributed by atoms with Gasteiger partial charge < -0.3 is 5.73 Å². The molecule has 0 aliphatic heterocycles. The molecule has 2 heteroatoms. The summed E-state index contributed by atoms with van der Waals surface area (Å²) in [4.78, 5) is 2.59. The van der Waals surface area contributed by atoms with E-state index >= 15 is 0 Å². The van der Waals surface area contributed by atoms with Crippen LogP contribution in [0.3, 0.4) is 0 Å². The van der Waals surface area contributed by atoms with Crippen molar-refractivity contribution in [1.29, 1.82) is 0 Å². The van der Waals surface area contributed by atoms with E-state index in [0.717, 1.165) is 24.9 Å². The molecule has 1 rings (SSSR count). The molecule has 16 heavy (non-hydrogen) atoms. The van der Waals surface area contributed by atoms with Gasteiger partial charge in [0.25, 0.3) is 0 Å². The van der Waals surface area contributed by atoms with Gasteiger partial charge in [0.1, 0.15) is 0 Å². The maximum atomic E-state index is 6.04. The number of hydrogen-bond acceptors (Lipinski definition) is 2. The molecule has 2 nitrogen and oxygen atoms in total. The monoisotopic (exact) mass is 226 g/mol. The van der Waals surface area contributed by atoms with Gasteiger partial charge in [0.2, 0.25) is 0 Å². The van der Waals surface area contributed by atoms with Crippen LogP contribution in [0.1, 0.15) is 53.4 Å². The SMILES string of the molecule is CCN(CC(C)C)C(C)(CN)CC1CCC1. The fraction of sp³-hybridized carbons (Fsp3) is 1.00. The van der Waals surface area contributed by atoms with Gasteiger partial charge in [-0.05, 0) is 31.7 Å². The van der Waals surface area contributed by atoms with E-state index in [1.165, 1.54) is 32.2 Å². The molecular weight excluding hydrogens is 196 g/mol. The van der Waals surface area contributed by atoms with Crippen molar-refractivity contribution in [2.75, 3.05) is 19.6 Å². The zero-order valence-corrected chi connectivity index (χ0v) is 11.6. The number of nitrogens with two attached hydrogens (primary N) is 1. The van der Waals surface area contributed by atoms with Crippen molar-refractivity contribution in [3.8, 4) is 0 Å². The van der Waals surface area contributed by atoms with E-state index in [0.29, 0.717) is 0 Å². The standard InChI is InChI=1S/C14H30N2/c1-5-16(10-12(2)3)14(4,11-15)9-13-7-6-8-13/h12-13H,5-11,15H2,1-4H3. The number of rotatable bonds is 7. The van der Waals surface area contributed by atoms with Crippen molar-refractivity contribution in [2.24, 2.45) is 17.6 Å². The van der Waals surface area contributed by atoms with Crippen LogP contribution >= 0.6 is 0 Å². The zero-order chi connectivity index (χ0) is 12.2. The van der Waals surface area contributed by atoms with Gasteiger partial charge in [-0.2, -0.15) is 0 Å². The van der Waals surface area contributed by atoms with Gasteiger partial charge in [0.15, 0.2) is 0 Å². The summed E-state index contributed by atoms with van der Waals surface area (Å²) in [7, 11) is 0. The van der Waals surface area contributed by atoms with Gasteiger partial charge >= 0.3 is 0 Å². The molecular formula is C14H30N2. The Labute approximate surface area is 102 Å². The maximum absolute atomic E-state index is 6.04. The second kappa shape index (κ2) is 6.02. The second-order valence-electron chi connectivity index (χ2n) is 6.13. The van der Waals surface area contributed by atoms with E-state index in [4.69, 9.17) is 5.73 Å². The Morgan fingerprint density at radius 1 is 1.38 bits per heavy atom. The summed E-state index contributed by atoms with van der Waals surface area (Å²) in [5, 5.41) is 0. The number of likely N-dealkylation sites (N-methyl/N-ethyl adjacent to an activating group) is 1. The molecule has 1 atom stereocenters. The first-order valence-corrected chi connectivity index (χ1v) is 6.97. The summed E-state index contributed by atoms with van der Waals surface area (Å²) in [6.45, 7) is 12.3. The second-order valence-corrected chi connectivity index (χ2v) is 6.13. The molecule has 1 saturated carbocycles. The quantitative estimate of drug-likeness (QED) is 0.723. The topological polar surface area (TPSA) is 29.3 Å². The van der Waals surface area contributed by atoms with E-state index in [2.05, 4.69) is 32.6 Å². The van der Waals surface area contributed by atoms with Crippen LogP contribution in [0.25, 0.3) is 0 Å². The minimum Gasteiger partial charge on any atom is -0.329 e. The Hall–Kier alpha value is -0.0800. The fourth-order valence-corrected chi connectivity index (χ4v) is 2.83. The lowest BCUT2D eigenvalue weighted by Crippen LogP contribution is -2.54. The number of hydrogen-bond donors (Lipinski definition) is 1. The lowest BCUT2D eigenvalue weighted by atomic mass is 9.75. The Kier molecular flexibility index (Phi) is 5.26. The van der Waals surface area contributed by atoms with Crippen molar-refractivity contribution >= 4 is 0 Å². The van der Waals surface area contributed by atoms with Crippen LogP contribution in [0.15, 0.2) is 0 Å². The molecule has 2 N–H and O–H groups in total. The van der Waals surface area contributed by atoms with Gasteiger partial charge in [-0.15, -0.1) is 0 Å². The molecule has 1 aliphatic rings. The molecule has 0 saturated heterocycles. The predicted molar refractivity (Wildman–Crippen MR) is 71.5 cm³/mol. The molecule has 0 heterocycles. The van der Waals surface area contributed by atoms with Crippen LogP contribution in [0, 0.1) is 11.8 Å². The highest BCUT2D eigenvalue weighted by atomic mass is 15.2. The highest BCUT2D eigenvalue weighted by Gasteiger charge is 2.34. The summed E-state index contributed by atoms with van der Waals surface area (Å²) in [6.07, 6.45) is 5.58. The molecule has 1 fully saturated rings. The average Bonchev–Trinajstić information content (AvgIpc) is 2.19. The van der Waals surface area contributed by atoms with Gasteiger partial charge in [-0.1, -0.05) is 40.0 Å². The van der Waals surface area contributed by atoms with E-state index in [1.54, 1.807) is 0 Å². The highest BCUT2D eigenvalue weighted by Crippen LogP contribution is 2.35. The Morgan fingerprint density at radius 2 is 2.00 bits per heavy atom. The van der Waals surface area contributed by atoms with Crippen LogP contribution in [0.2, 0.25) is 0 Å². The first-order valence-electron chi connectivity index (χ1n) is 6.97. The lowest BCUT2D eigenvalue weighted by molar-refractivity contribution is 0.0624. The van der Waals surface area contributed by atoms with E-state index < -0.39 is 0 Å². The van der Waals surface area contributed by atoms with Gasteiger partial charge in [0.05, 0.1) is 0 Å². The van der Waals surface area contributed by atoms with Crippen molar-refractivity contribution in [2.45, 2.75) is 58.9 Å². The Morgan fingerprint density at radius 3 is 2.31 bits per heavy atom. The van der Waals surface area contributed by atoms with Crippen LogP contribution in [0.4, 0.5) is 0 Å². The summed E-state index contributed by atoms with van der Waals surface area (Å²) in [6, 6.07) is 0. The summed E-state index contributed by atoms with van der Waals surface area (Å²) >= 11 is 0. The molecule has 1 aliphatic carbocycles. The lowest BCUT2D eigenvalue weighted by Gasteiger charge is -2.45. The smallest absolute Gasteiger partial charge is 0.0306 e. The fourth-order valence-electron chi connectivity index (χ4n) is 2.83. The Balaban J connectivity index is 2.58. The first-order chi connectivity index (χ1) is 7.51. The van der Waals surface area contributed by atoms with Crippen LogP contribution < -0.4 is 5.73 Å². The minimum atomic E-state index is 0.226. The first kappa shape index (κ1) is 14.0.